The van der Waals surface area contributed by atoms with Crippen LogP contribution in [0.5, 0.6) is 0 Å². The van der Waals surface area contributed by atoms with Crippen molar-refractivity contribution in [3.8, 4) is 0 Å². The molecule has 0 aliphatic carbocycles. The SMILES string of the molecule is CCCCCCCCCCCCCCCCCCCC/C=C/C(O)C(CO)NC(=O)CCCCCCCCCCCCCCCCC/C=C\C/C=C\CCCCCCCCCCCOC(=O)CCCCCCCCCCCCC. The van der Waals surface area contributed by atoms with Gasteiger partial charge in [0.2, 0.25) is 5.91 Å². The fourth-order valence-corrected chi connectivity index (χ4v) is 11.2. The number of amides is 1. The minimum atomic E-state index is -0.845. The van der Waals surface area contributed by atoms with E-state index in [1.165, 1.54) is 321 Å². The predicted octanol–water partition coefficient (Wildman–Crippen LogP) is 23.1. The number of unbranched alkanes of at least 4 members (excludes halogenated alkanes) is 52. The Morgan fingerprint density at radius 1 is 0.354 bits per heavy atom. The molecule has 0 rings (SSSR count). The Bertz CT molecular complexity index is 1280. The summed E-state index contributed by atoms with van der Waals surface area (Å²) in [5.41, 5.74) is 0. The van der Waals surface area contributed by atoms with Crippen molar-refractivity contribution in [3.05, 3.63) is 36.5 Å². The molecule has 0 aromatic heterocycles. The van der Waals surface area contributed by atoms with Crippen molar-refractivity contribution in [2.45, 2.75) is 405 Å². The molecule has 0 saturated carbocycles. The van der Waals surface area contributed by atoms with Crippen molar-refractivity contribution < 1.29 is 24.5 Å². The van der Waals surface area contributed by atoms with Gasteiger partial charge in [-0.25, -0.2) is 0 Å². The molecule has 0 aliphatic heterocycles. The number of allylic oxidation sites excluding steroid dienone is 5. The van der Waals surface area contributed by atoms with E-state index in [-0.39, 0.29) is 18.5 Å². The van der Waals surface area contributed by atoms with Gasteiger partial charge in [-0.2, -0.15) is 0 Å². The lowest BCUT2D eigenvalue weighted by Gasteiger charge is -2.20. The first kappa shape index (κ1) is 77.1. The van der Waals surface area contributed by atoms with Crippen LogP contribution < -0.4 is 5.32 Å². The van der Waals surface area contributed by atoms with Crippen LogP contribution in [0.15, 0.2) is 36.5 Å². The lowest BCUT2D eigenvalue weighted by atomic mass is 10.0. The van der Waals surface area contributed by atoms with Crippen LogP contribution in [0.25, 0.3) is 0 Å². The van der Waals surface area contributed by atoms with Crippen LogP contribution in [0.3, 0.4) is 0 Å². The Labute approximate surface area is 494 Å². The van der Waals surface area contributed by atoms with Crippen LogP contribution in [0.4, 0.5) is 0 Å². The molecule has 0 heterocycles. The summed E-state index contributed by atoms with van der Waals surface area (Å²) in [6.45, 7) is 4.93. The van der Waals surface area contributed by atoms with E-state index in [4.69, 9.17) is 4.74 Å². The number of hydrogen-bond acceptors (Lipinski definition) is 5. The molecule has 0 fully saturated rings. The topological polar surface area (TPSA) is 95.9 Å². The number of carbonyl (C=O) groups excluding carboxylic acids is 2. The molecule has 6 nitrogen and oxygen atoms in total. The molecule has 466 valence electrons. The second kappa shape index (κ2) is 68.6. The fraction of sp³-hybridized carbons (Fsp3) is 0.890. The lowest BCUT2D eigenvalue weighted by Crippen LogP contribution is -2.45. The van der Waals surface area contributed by atoms with E-state index in [1.54, 1.807) is 6.08 Å². The summed E-state index contributed by atoms with van der Waals surface area (Å²) in [4.78, 5) is 24.5. The first-order chi connectivity index (χ1) is 39.0. The number of carbonyl (C=O) groups is 2. The molecule has 1 amide bonds. The zero-order valence-corrected chi connectivity index (χ0v) is 53.4. The smallest absolute Gasteiger partial charge is 0.305 e. The van der Waals surface area contributed by atoms with E-state index in [0.717, 1.165) is 44.9 Å². The van der Waals surface area contributed by atoms with Crippen molar-refractivity contribution in [1.29, 1.82) is 0 Å². The summed E-state index contributed by atoms with van der Waals surface area (Å²) in [7, 11) is 0. The van der Waals surface area contributed by atoms with Crippen LogP contribution in [0, 0.1) is 0 Å². The molecule has 2 unspecified atom stereocenters. The molecule has 0 spiro atoms. The van der Waals surface area contributed by atoms with Crippen LogP contribution in [0.1, 0.15) is 393 Å². The van der Waals surface area contributed by atoms with Crippen LogP contribution in [-0.2, 0) is 14.3 Å². The van der Waals surface area contributed by atoms with Crippen molar-refractivity contribution in [1.82, 2.24) is 5.32 Å². The maximum atomic E-state index is 12.5. The molecule has 0 aromatic carbocycles. The maximum absolute atomic E-state index is 12.5. The van der Waals surface area contributed by atoms with E-state index in [0.29, 0.717) is 19.4 Å². The summed E-state index contributed by atoms with van der Waals surface area (Å²) in [5.74, 6) is -0.0508. The van der Waals surface area contributed by atoms with Gasteiger partial charge in [0.15, 0.2) is 0 Å². The van der Waals surface area contributed by atoms with Gasteiger partial charge in [-0.15, -0.1) is 0 Å². The van der Waals surface area contributed by atoms with E-state index in [2.05, 4.69) is 43.5 Å². The number of rotatable bonds is 67. The third-order valence-corrected chi connectivity index (χ3v) is 16.7. The van der Waals surface area contributed by atoms with Gasteiger partial charge in [0, 0.05) is 12.8 Å². The minimum absolute atomic E-state index is 0.0129. The number of aliphatic hydroxyl groups excluding tert-OH is 2. The molecule has 2 atom stereocenters. The standard InChI is InChI=1S/C73H139NO5/c1-3-5-7-9-11-13-15-16-17-18-19-33-36-39-42-46-49-53-57-61-65-71(76)70(69-75)74-72(77)66-62-58-54-50-47-43-40-37-34-31-29-27-25-23-21-20-22-24-26-28-30-32-35-38-41-44-48-52-56-60-64-68-79-73(78)67-63-59-55-51-45-14-12-10-8-6-4-2/h22,24,28,30,61,65,70-71,75-76H,3-21,23,25-27,29,31-60,62-64,66-69H2,1-2H3,(H,74,77)/b24-22-,30-28-,65-61+. The quantitative estimate of drug-likeness (QED) is 0.0320. The normalized spacial score (nSPS) is 12.7. The number of hydrogen-bond donors (Lipinski definition) is 3. The minimum Gasteiger partial charge on any atom is -0.466 e. The van der Waals surface area contributed by atoms with Gasteiger partial charge in [-0.3, -0.25) is 9.59 Å². The number of ether oxygens (including phenoxy) is 1. The van der Waals surface area contributed by atoms with Gasteiger partial charge in [-0.05, 0) is 64.2 Å². The van der Waals surface area contributed by atoms with Gasteiger partial charge in [0.05, 0.1) is 25.4 Å². The fourth-order valence-electron chi connectivity index (χ4n) is 11.2. The molecule has 0 bridgehead atoms. The molecule has 6 heteroatoms. The third kappa shape index (κ3) is 65.1. The monoisotopic (exact) mass is 1110 g/mol. The number of aliphatic hydroxyl groups is 2. The number of esters is 1. The summed E-state index contributed by atoms with van der Waals surface area (Å²) in [6, 6.07) is -0.628. The summed E-state index contributed by atoms with van der Waals surface area (Å²) < 4.78 is 5.47. The van der Waals surface area contributed by atoms with Crippen molar-refractivity contribution in [3.63, 3.8) is 0 Å². The van der Waals surface area contributed by atoms with Gasteiger partial charge in [0.25, 0.3) is 0 Å². The molecule has 79 heavy (non-hydrogen) atoms. The average molecular weight is 1110 g/mol. The van der Waals surface area contributed by atoms with Crippen molar-refractivity contribution in [2.24, 2.45) is 0 Å². The summed E-state index contributed by atoms with van der Waals surface area (Å²) >= 11 is 0. The van der Waals surface area contributed by atoms with Crippen LogP contribution >= 0.6 is 0 Å². The van der Waals surface area contributed by atoms with E-state index >= 15 is 0 Å². The number of nitrogens with one attached hydrogen (secondary N) is 1. The molecular formula is C73H139NO5. The summed E-state index contributed by atoms with van der Waals surface area (Å²) in [6.07, 6.45) is 88.0. The highest BCUT2D eigenvalue weighted by molar-refractivity contribution is 5.76. The maximum Gasteiger partial charge on any atom is 0.305 e. The zero-order valence-electron chi connectivity index (χ0n) is 53.4. The predicted molar refractivity (Wildman–Crippen MR) is 347 cm³/mol. The second-order valence-corrected chi connectivity index (χ2v) is 24.6. The zero-order chi connectivity index (χ0) is 57.1. The van der Waals surface area contributed by atoms with Crippen LogP contribution in [0.2, 0.25) is 0 Å². The van der Waals surface area contributed by atoms with E-state index < -0.39 is 12.1 Å². The highest BCUT2D eigenvalue weighted by atomic mass is 16.5. The molecule has 0 saturated heterocycles. The Hall–Kier alpha value is -1.92. The van der Waals surface area contributed by atoms with Gasteiger partial charge in [0.1, 0.15) is 0 Å². The third-order valence-electron chi connectivity index (χ3n) is 16.7. The Morgan fingerprint density at radius 3 is 0.962 bits per heavy atom. The van der Waals surface area contributed by atoms with Gasteiger partial charge < -0.3 is 20.3 Å². The Kier molecular flexibility index (Phi) is 66.9. The lowest BCUT2D eigenvalue weighted by molar-refractivity contribution is -0.143. The first-order valence-electron chi connectivity index (χ1n) is 35.8. The van der Waals surface area contributed by atoms with Crippen LogP contribution in [-0.4, -0.2) is 47.4 Å². The van der Waals surface area contributed by atoms with Gasteiger partial charge in [-0.1, -0.05) is 352 Å². The first-order valence-corrected chi connectivity index (χ1v) is 35.8. The second-order valence-electron chi connectivity index (χ2n) is 24.6. The van der Waals surface area contributed by atoms with Gasteiger partial charge >= 0.3 is 5.97 Å². The highest BCUT2D eigenvalue weighted by Gasteiger charge is 2.18. The Morgan fingerprint density at radius 2 is 0.633 bits per heavy atom. The molecule has 0 aliphatic rings. The Balaban J connectivity index is 3.42. The highest BCUT2D eigenvalue weighted by Crippen LogP contribution is 2.18. The van der Waals surface area contributed by atoms with E-state index in [1.807, 2.05) is 6.08 Å². The van der Waals surface area contributed by atoms with Crippen molar-refractivity contribution in [2.75, 3.05) is 13.2 Å². The van der Waals surface area contributed by atoms with E-state index in [9.17, 15) is 19.8 Å². The molecule has 3 N–H and O–H groups in total. The van der Waals surface area contributed by atoms with Crippen molar-refractivity contribution >= 4 is 11.9 Å². The molecule has 0 radical (unpaired) electrons. The molecule has 0 aromatic rings. The largest absolute Gasteiger partial charge is 0.466 e. The average Bonchev–Trinajstić information content (AvgIpc) is 3.45. The summed E-state index contributed by atoms with van der Waals surface area (Å²) in [5, 5.41) is 23.2. The molecular weight excluding hydrogens is 971 g/mol.